The molecular weight excluding hydrogens is 262 g/mol. The molecule has 7 nitrogen and oxygen atoms in total. The maximum absolute atomic E-state index is 5.83. The molecule has 0 amide bonds. The summed E-state index contributed by atoms with van der Waals surface area (Å²) < 4.78 is 1.82. The highest BCUT2D eigenvalue weighted by Gasteiger charge is 2.26. The minimum Gasteiger partial charge on any atom is -0.382 e. The van der Waals surface area contributed by atoms with Crippen molar-refractivity contribution in [2.45, 2.75) is 25.2 Å². The molecular formula is C11H11N7S. The highest BCUT2D eigenvalue weighted by molar-refractivity contribution is 7.19. The monoisotopic (exact) mass is 273 g/mol. The largest absolute Gasteiger partial charge is 0.382 e. The smallest absolute Gasteiger partial charge is 0.235 e. The van der Waals surface area contributed by atoms with Gasteiger partial charge in [0.25, 0.3) is 0 Å². The van der Waals surface area contributed by atoms with Crippen LogP contribution >= 0.6 is 11.3 Å². The first-order valence-electron chi connectivity index (χ1n) is 6.12. The number of nitrogens with two attached hydrogens (primary N) is 1. The van der Waals surface area contributed by atoms with Gasteiger partial charge >= 0.3 is 0 Å². The van der Waals surface area contributed by atoms with Gasteiger partial charge < -0.3 is 5.73 Å². The molecule has 1 aliphatic carbocycles. The van der Waals surface area contributed by atoms with Gasteiger partial charge in [0.2, 0.25) is 4.96 Å². The summed E-state index contributed by atoms with van der Waals surface area (Å²) in [6.45, 7) is 0. The van der Waals surface area contributed by atoms with Crippen LogP contribution in [0, 0.1) is 0 Å². The van der Waals surface area contributed by atoms with Crippen LogP contribution in [0.15, 0.2) is 12.4 Å². The number of fused-ring (bicyclic) bond motifs is 1. The predicted octanol–water partition coefficient (Wildman–Crippen LogP) is 1.49. The van der Waals surface area contributed by atoms with E-state index in [0.717, 1.165) is 15.8 Å². The van der Waals surface area contributed by atoms with Crippen molar-refractivity contribution in [2.75, 3.05) is 5.73 Å². The van der Waals surface area contributed by atoms with E-state index in [1.54, 1.807) is 12.4 Å². The van der Waals surface area contributed by atoms with Gasteiger partial charge in [0, 0.05) is 18.3 Å². The molecule has 3 aromatic rings. The van der Waals surface area contributed by atoms with E-state index >= 15 is 0 Å². The standard InChI is InChI=1S/C11H11N7S/c12-8-7(13-4-5-14-8)10-17-18-9(6-2-1-3-6)15-16-11(18)19-10/h4-6H,1-3H2,(H2,12,14). The van der Waals surface area contributed by atoms with Crippen molar-refractivity contribution in [3.63, 3.8) is 0 Å². The second kappa shape index (κ2) is 3.95. The van der Waals surface area contributed by atoms with Crippen LogP contribution in [0.3, 0.4) is 0 Å². The molecule has 8 heteroatoms. The van der Waals surface area contributed by atoms with Crippen LogP contribution in [0.2, 0.25) is 0 Å². The van der Waals surface area contributed by atoms with Gasteiger partial charge in [-0.05, 0) is 12.8 Å². The maximum atomic E-state index is 5.83. The minimum atomic E-state index is 0.387. The summed E-state index contributed by atoms with van der Waals surface area (Å²) in [5.41, 5.74) is 6.43. The predicted molar refractivity (Wildman–Crippen MR) is 70.7 cm³/mol. The van der Waals surface area contributed by atoms with Crippen molar-refractivity contribution in [3.05, 3.63) is 18.2 Å². The molecule has 4 rings (SSSR count). The fraction of sp³-hybridized carbons (Fsp3) is 0.364. The van der Waals surface area contributed by atoms with E-state index in [2.05, 4.69) is 25.3 Å². The van der Waals surface area contributed by atoms with Crippen LogP contribution in [-0.2, 0) is 0 Å². The SMILES string of the molecule is Nc1nccnc1-c1nn2c(C3CCC3)nnc2s1. The molecule has 0 radical (unpaired) electrons. The molecule has 0 bridgehead atoms. The molecule has 0 aliphatic heterocycles. The Kier molecular flexibility index (Phi) is 2.25. The summed E-state index contributed by atoms with van der Waals surface area (Å²) in [4.78, 5) is 9.04. The third-order valence-electron chi connectivity index (χ3n) is 3.41. The number of aromatic nitrogens is 6. The molecule has 1 fully saturated rings. The van der Waals surface area contributed by atoms with Crippen LogP contribution in [0.1, 0.15) is 31.0 Å². The van der Waals surface area contributed by atoms with Crippen LogP contribution in [0.4, 0.5) is 5.82 Å². The van der Waals surface area contributed by atoms with Crippen LogP contribution < -0.4 is 5.73 Å². The van der Waals surface area contributed by atoms with Gasteiger partial charge in [-0.25, -0.2) is 9.97 Å². The van der Waals surface area contributed by atoms with Gasteiger partial charge in [-0.15, -0.1) is 10.2 Å². The quantitative estimate of drug-likeness (QED) is 0.760. The Balaban J connectivity index is 1.84. The first kappa shape index (κ1) is 10.8. The average molecular weight is 273 g/mol. The van der Waals surface area contributed by atoms with E-state index < -0.39 is 0 Å². The van der Waals surface area contributed by atoms with Crippen LogP contribution in [0.5, 0.6) is 0 Å². The fourth-order valence-corrected chi connectivity index (χ4v) is 3.01. The topological polar surface area (TPSA) is 94.9 Å². The Hall–Kier alpha value is -2.09. The van der Waals surface area contributed by atoms with Gasteiger partial charge in [-0.3, -0.25) is 0 Å². The normalized spacial score (nSPS) is 15.8. The maximum Gasteiger partial charge on any atom is 0.235 e. The Morgan fingerprint density at radius 1 is 1.21 bits per heavy atom. The van der Waals surface area contributed by atoms with Crippen molar-refractivity contribution in [1.82, 2.24) is 29.8 Å². The Labute approximate surface area is 112 Å². The lowest BCUT2D eigenvalue weighted by molar-refractivity contribution is 0.395. The minimum absolute atomic E-state index is 0.387. The highest BCUT2D eigenvalue weighted by atomic mass is 32.1. The molecule has 96 valence electrons. The molecule has 0 saturated heterocycles. The number of rotatable bonds is 2. The van der Waals surface area contributed by atoms with E-state index in [1.165, 1.54) is 30.6 Å². The summed E-state index contributed by atoms with van der Waals surface area (Å²) in [6, 6.07) is 0. The number of nitrogens with zero attached hydrogens (tertiary/aromatic N) is 6. The van der Waals surface area contributed by atoms with E-state index in [4.69, 9.17) is 5.73 Å². The summed E-state index contributed by atoms with van der Waals surface area (Å²) >= 11 is 1.43. The van der Waals surface area contributed by atoms with Gasteiger partial charge in [0.05, 0.1) is 0 Å². The summed E-state index contributed by atoms with van der Waals surface area (Å²) in [5, 5.41) is 13.7. The average Bonchev–Trinajstić information content (AvgIpc) is 2.90. The highest BCUT2D eigenvalue weighted by Crippen LogP contribution is 2.36. The van der Waals surface area contributed by atoms with Crippen molar-refractivity contribution in [3.8, 4) is 10.7 Å². The fourth-order valence-electron chi connectivity index (χ4n) is 2.16. The Bertz CT molecular complexity index is 742. The third-order valence-corrected chi connectivity index (χ3v) is 4.32. The van der Waals surface area contributed by atoms with Gasteiger partial charge in [0.1, 0.15) is 5.69 Å². The molecule has 19 heavy (non-hydrogen) atoms. The van der Waals surface area contributed by atoms with Gasteiger partial charge in [-0.2, -0.15) is 9.61 Å². The first-order chi connectivity index (χ1) is 9.33. The zero-order valence-corrected chi connectivity index (χ0v) is 10.8. The third kappa shape index (κ3) is 1.60. The van der Waals surface area contributed by atoms with E-state index in [0.29, 0.717) is 17.4 Å². The number of nitrogen functional groups attached to an aromatic ring is 1. The molecule has 0 unspecified atom stereocenters. The van der Waals surface area contributed by atoms with Crippen molar-refractivity contribution in [1.29, 1.82) is 0 Å². The molecule has 2 N–H and O–H groups in total. The van der Waals surface area contributed by atoms with Gasteiger partial charge in [0.15, 0.2) is 16.6 Å². The van der Waals surface area contributed by atoms with Crippen molar-refractivity contribution < 1.29 is 0 Å². The van der Waals surface area contributed by atoms with Crippen LogP contribution in [-0.4, -0.2) is 29.8 Å². The number of hydrogen-bond donors (Lipinski definition) is 1. The second-order valence-electron chi connectivity index (χ2n) is 4.58. The van der Waals surface area contributed by atoms with Gasteiger partial charge in [-0.1, -0.05) is 17.8 Å². The molecule has 3 heterocycles. The lowest BCUT2D eigenvalue weighted by Gasteiger charge is -2.22. The van der Waals surface area contributed by atoms with E-state index in [-0.39, 0.29) is 0 Å². The number of hydrogen-bond acceptors (Lipinski definition) is 7. The Morgan fingerprint density at radius 2 is 2.05 bits per heavy atom. The van der Waals surface area contributed by atoms with Crippen molar-refractivity contribution in [2.24, 2.45) is 0 Å². The Morgan fingerprint density at radius 3 is 2.79 bits per heavy atom. The van der Waals surface area contributed by atoms with Crippen LogP contribution in [0.25, 0.3) is 15.7 Å². The summed E-state index contributed by atoms with van der Waals surface area (Å²) in [5.74, 6) is 1.83. The second-order valence-corrected chi connectivity index (χ2v) is 5.53. The lowest BCUT2D eigenvalue weighted by Crippen LogP contribution is -2.13. The molecule has 3 aromatic heterocycles. The molecule has 0 spiro atoms. The van der Waals surface area contributed by atoms with E-state index in [9.17, 15) is 0 Å². The molecule has 0 aromatic carbocycles. The zero-order chi connectivity index (χ0) is 12.8. The lowest BCUT2D eigenvalue weighted by atomic mass is 9.85. The first-order valence-corrected chi connectivity index (χ1v) is 6.93. The summed E-state index contributed by atoms with van der Waals surface area (Å²) in [7, 11) is 0. The molecule has 0 atom stereocenters. The zero-order valence-electron chi connectivity index (χ0n) is 10.0. The molecule has 1 saturated carbocycles. The number of anilines is 1. The van der Waals surface area contributed by atoms with Crippen molar-refractivity contribution >= 4 is 22.1 Å². The van der Waals surface area contributed by atoms with E-state index in [1.807, 2.05) is 4.52 Å². The molecule has 1 aliphatic rings. The summed E-state index contributed by atoms with van der Waals surface area (Å²) in [6.07, 6.45) is 6.77.